The van der Waals surface area contributed by atoms with Gasteiger partial charge < -0.3 is 10.5 Å². The van der Waals surface area contributed by atoms with Crippen molar-refractivity contribution in [3.05, 3.63) is 54.1 Å². The third-order valence-electron chi connectivity index (χ3n) is 3.19. The zero-order valence-corrected chi connectivity index (χ0v) is 13.3. The second-order valence-electron chi connectivity index (χ2n) is 5.09. The van der Waals surface area contributed by atoms with Crippen LogP contribution in [0.25, 0.3) is 0 Å². The Bertz CT molecular complexity index is 786. The summed E-state index contributed by atoms with van der Waals surface area (Å²) in [6.07, 6.45) is 1.58. The van der Waals surface area contributed by atoms with Crippen LogP contribution in [0.1, 0.15) is 18.4 Å². The summed E-state index contributed by atoms with van der Waals surface area (Å²) in [7, 11) is -3.82. The summed E-state index contributed by atoms with van der Waals surface area (Å²) in [5.74, 6) is -0.263. The standard InChI is InChI=1S/C16H18N2O4S/c17-13-9-7-12(8-10-13)3-1-6-16(19)22-14-4-2-5-15(11-14)23(18,20)21/h2,4-5,7-11H,1,3,6,17H2,(H2,18,20,21). The van der Waals surface area contributed by atoms with Crippen LogP contribution in [-0.2, 0) is 21.2 Å². The number of carbonyl (C=O) groups excluding carboxylic acids is 1. The fourth-order valence-corrected chi connectivity index (χ4v) is 2.57. The summed E-state index contributed by atoms with van der Waals surface area (Å²) in [5.41, 5.74) is 7.39. The number of benzene rings is 2. The molecule has 0 aliphatic carbocycles. The molecule has 2 aromatic rings. The number of carbonyl (C=O) groups is 1. The number of anilines is 1. The highest BCUT2D eigenvalue weighted by Gasteiger charge is 2.11. The normalized spacial score (nSPS) is 11.2. The van der Waals surface area contributed by atoms with Gasteiger partial charge in [0.2, 0.25) is 10.0 Å². The first-order chi connectivity index (χ1) is 10.8. The summed E-state index contributed by atoms with van der Waals surface area (Å²) in [6.45, 7) is 0. The molecule has 0 fully saturated rings. The monoisotopic (exact) mass is 334 g/mol. The molecule has 2 rings (SSSR count). The number of rotatable bonds is 6. The molecule has 23 heavy (non-hydrogen) atoms. The minimum Gasteiger partial charge on any atom is -0.426 e. The lowest BCUT2D eigenvalue weighted by molar-refractivity contribution is -0.134. The lowest BCUT2D eigenvalue weighted by atomic mass is 10.1. The van der Waals surface area contributed by atoms with E-state index < -0.39 is 16.0 Å². The fourth-order valence-electron chi connectivity index (χ4n) is 2.02. The van der Waals surface area contributed by atoms with Crippen molar-refractivity contribution in [2.75, 3.05) is 5.73 Å². The van der Waals surface area contributed by atoms with Crippen LogP contribution in [0.15, 0.2) is 53.4 Å². The van der Waals surface area contributed by atoms with E-state index in [1.54, 1.807) is 0 Å². The number of nitrogen functional groups attached to an aromatic ring is 1. The van der Waals surface area contributed by atoms with Gasteiger partial charge in [-0.2, -0.15) is 0 Å². The average Bonchev–Trinajstić information content (AvgIpc) is 2.49. The van der Waals surface area contributed by atoms with Gasteiger partial charge in [0.15, 0.2) is 0 Å². The van der Waals surface area contributed by atoms with Crippen molar-refractivity contribution in [2.24, 2.45) is 5.14 Å². The minimum absolute atomic E-state index is 0.0929. The van der Waals surface area contributed by atoms with Crippen molar-refractivity contribution in [2.45, 2.75) is 24.2 Å². The number of nitrogens with two attached hydrogens (primary N) is 2. The molecular formula is C16H18N2O4S. The van der Waals surface area contributed by atoms with Crippen LogP contribution >= 0.6 is 0 Å². The van der Waals surface area contributed by atoms with Crippen molar-refractivity contribution in [1.82, 2.24) is 0 Å². The lowest BCUT2D eigenvalue weighted by Gasteiger charge is -2.06. The molecule has 2 aromatic carbocycles. The predicted molar refractivity (Wildman–Crippen MR) is 87.2 cm³/mol. The summed E-state index contributed by atoms with van der Waals surface area (Å²) >= 11 is 0. The molecule has 6 nitrogen and oxygen atoms in total. The molecule has 7 heteroatoms. The highest BCUT2D eigenvalue weighted by molar-refractivity contribution is 7.89. The SMILES string of the molecule is Nc1ccc(CCCC(=O)Oc2cccc(S(N)(=O)=O)c2)cc1. The molecule has 4 N–H and O–H groups in total. The molecule has 0 unspecified atom stereocenters. The van der Waals surface area contributed by atoms with Gasteiger partial charge in [-0.1, -0.05) is 18.2 Å². The summed E-state index contributed by atoms with van der Waals surface area (Å²) in [4.78, 5) is 11.7. The third kappa shape index (κ3) is 5.39. The molecule has 0 aliphatic rings. The van der Waals surface area contributed by atoms with E-state index in [1.165, 1.54) is 24.3 Å². The van der Waals surface area contributed by atoms with Crippen LogP contribution in [0, 0.1) is 0 Å². The minimum atomic E-state index is -3.82. The summed E-state index contributed by atoms with van der Waals surface area (Å²) in [5, 5.41) is 5.03. The van der Waals surface area contributed by atoms with Gasteiger partial charge in [0.05, 0.1) is 4.90 Å². The maximum atomic E-state index is 11.8. The number of sulfonamides is 1. The molecule has 0 saturated heterocycles. The number of esters is 1. The first-order valence-corrected chi connectivity index (χ1v) is 8.57. The van der Waals surface area contributed by atoms with Crippen LogP contribution in [0.2, 0.25) is 0 Å². The quantitative estimate of drug-likeness (QED) is 0.475. The number of hydrogen-bond acceptors (Lipinski definition) is 5. The Morgan fingerprint density at radius 1 is 1.09 bits per heavy atom. The van der Waals surface area contributed by atoms with Crippen molar-refractivity contribution >= 4 is 21.7 Å². The maximum Gasteiger partial charge on any atom is 0.311 e. The molecule has 0 heterocycles. The zero-order valence-electron chi connectivity index (χ0n) is 12.4. The predicted octanol–water partition coefficient (Wildman–Crippen LogP) is 1.84. The van der Waals surface area contributed by atoms with Crippen molar-refractivity contribution in [3.8, 4) is 5.75 Å². The highest BCUT2D eigenvalue weighted by Crippen LogP contribution is 2.17. The molecule has 122 valence electrons. The summed E-state index contributed by atoms with van der Waals surface area (Å²) < 4.78 is 27.6. The van der Waals surface area contributed by atoms with Crippen molar-refractivity contribution in [1.29, 1.82) is 0 Å². The molecule has 0 aromatic heterocycles. The van der Waals surface area contributed by atoms with Crippen LogP contribution in [0.3, 0.4) is 0 Å². The van der Waals surface area contributed by atoms with Crippen molar-refractivity contribution in [3.63, 3.8) is 0 Å². The Morgan fingerprint density at radius 2 is 1.78 bits per heavy atom. The molecule has 0 bridgehead atoms. The van der Waals surface area contributed by atoms with E-state index in [4.69, 9.17) is 15.6 Å². The Hall–Kier alpha value is -2.38. The molecule has 0 aliphatic heterocycles. The number of hydrogen-bond donors (Lipinski definition) is 2. The van der Waals surface area contributed by atoms with E-state index in [1.807, 2.05) is 24.3 Å². The second-order valence-corrected chi connectivity index (χ2v) is 6.65. The van der Waals surface area contributed by atoms with Gasteiger partial charge in [0.25, 0.3) is 0 Å². The Labute approximate surface area is 135 Å². The lowest BCUT2D eigenvalue weighted by Crippen LogP contribution is -2.13. The Morgan fingerprint density at radius 3 is 2.43 bits per heavy atom. The smallest absolute Gasteiger partial charge is 0.311 e. The first kappa shape index (κ1) is 17.0. The third-order valence-corrected chi connectivity index (χ3v) is 4.10. The Balaban J connectivity index is 1.86. The van der Waals surface area contributed by atoms with Crippen molar-refractivity contribution < 1.29 is 17.9 Å². The van der Waals surface area contributed by atoms with Gasteiger partial charge in [0.1, 0.15) is 5.75 Å². The van der Waals surface area contributed by atoms with Gasteiger partial charge >= 0.3 is 5.97 Å². The van der Waals surface area contributed by atoms with Crippen LogP contribution in [-0.4, -0.2) is 14.4 Å². The van der Waals surface area contributed by atoms with E-state index in [2.05, 4.69) is 0 Å². The van der Waals surface area contributed by atoms with Crippen LogP contribution in [0.5, 0.6) is 5.75 Å². The highest BCUT2D eigenvalue weighted by atomic mass is 32.2. The molecular weight excluding hydrogens is 316 g/mol. The molecule has 0 spiro atoms. The molecule has 0 radical (unpaired) electrons. The van der Waals surface area contributed by atoms with E-state index in [9.17, 15) is 13.2 Å². The first-order valence-electron chi connectivity index (χ1n) is 7.02. The van der Waals surface area contributed by atoms with E-state index >= 15 is 0 Å². The summed E-state index contributed by atoms with van der Waals surface area (Å²) in [6, 6.07) is 13.0. The molecule has 0 saturated carbocycles. The maximum absolute atomic E-state index is 11.8. The van der Waals surface area contributed by atoms with E-state index in [0.717, 1.165) is 12.0 Å². The van der Waals surface area contributed by atoms with E-state index in [0.29, 0.717) is 12.1 Å². The number of ether oxygens (including phenoxy) is 1. The number of aryl methyl sites for hydroxylation is 1. The van der Waals surface area contributed by atoms with Gasteiger partial charge in [-0.3, -0.25) is 4.79 Å². The zero-order chi connectivity index (χ0) is 16.9. The van der Waals surface area contributed by atoms with E-state index in [-0.39, 0.29) is 17.1 Å². The molecule has 0 atom stereocenters. The topological polar surface area (TPSA) is 112 Å². The largest absolute Gasteiger partial charge is 0.426 e. The van der Waals surface area contributed by atoms with Crippen LogP contribution in [0.4, 0.5) is 5.69 Å². The number of primary sulfonamides is 1. The van der Waals surface area contributed by atoms with Gasteiger partial charge in [0, 0.05) is 18.2 Å². The Kier molecular flexibility index (Phi) is 5.36. The molecule has 0 amide bonds. The second kappa shape index (κ2) is 7.26. The van der Waals surface area contributed by atoms with Gasteiger partial charge in [-0.25, -0.2) is 13.6 Å². The van der Waals surface area contributed by atoms with Gasteiger partial charge in [-0.15, -0.1) is 0 Å². The fraction of sp³-hybridized carbons (Fsp3) is 0.188. The van der Waals surface area contributed by atoms with Crippen LogP contribution < -0.4 is 15.6 Å². The van der Waals surface area contributed by atoms with Gasteiger partial charge in [-0.05, 0) is 42.7 Å². The average molecular weight is 334 g/mol.